The van der Waals surface area contributed by atoms with E-state index in [-0.39, 0.29) is 6.10 Å². The van der Waals surface area contributed by atoms with E-state index in [9.17, 15) is 0 Å². The van der Waals surface area contributed by atoms with Crippen molar-refractivity contribution < 1.29 is 9.47 Å². The van der Waals surface area contributed by atoms with Crippen molar-refractivity contribution in [2.75, 3.05) is 13.7 Å². The van der Waals surface area contributed by atoms with Crippen molar-refractivity contribution in [1.29, 1.82) is 0 Å². The highest BCUT2D eigenvalue weighted by molar-refractivity contribution is 5.18. The summed E-state index contributed by atoms with van der Waals surface area (Å²) in [7, 11) is 1.72. The maximum absolute atomic E-state index is 5.29. The fourth-order valence-electron chi connectivity index (χ4n) is 1.03. The van der Waals surface area contributed by atoms with Gasteiger partial charge in [-0.25, -0.2) is 0 Å². The van der Waals surface area contributed by atoms with Gasteiger partial charge in [-0.05, 0) is 25.5 Å². The van der Waals surface area contributed by atoms with Crippen molar-refractivity contribution in [3.8, 4) is 0 Å². The summed E-state index contributed by atoms with van der Waals surface area (Å²) in [5.74, 6) is 0.959. The second-order valence-electron chi connectivity index (χ2n) is 2.41. The van der Waals surface area contributed by atoms with Crippen LogP contribution in [0, 0.1) is 0 Å². The quantitative estimate of drug-likeness (QED) is 0.618. The van der Waals surface area contributed by atoms with Gasteiger partial charge in [0.05, 0.1) is 12.7 Å². The van der Waals surface area contributed by atoms with Crippen LogP contribution >= 0.6 is 0 Å². The Morgan fingerprint density at radius 1 is 1.64 bits per heavy atom. The third-order valence-corrected chi connectivity index (χ3v) is 1.64. The van der Waals surface area contributed by atoms with Crippen molar-refractivity contribution in [3.05, 3.63) is 24.0 Å². The minimum absolute atomic E-state index is 0.235. The van der Waals surface area contributed by atoms with Gasteiger partial charge in [0.1, 0.15) is 5.76 Å². The molecule has 1 rings (SSSR count). The number of methoxy groups -OCH3 is 1. The van der Waals surface area contributed by atoms with Crippen molar-refractivity contribution in [2.24, 2.45) is 0 Å². The molecule has 0 radical (unpaired) electrons. The van der Waals surface area contributed by atoms with Gasteiger partial charge in [0.2, 0.25) is 0 Å². The number of allylic oxidation sites excluding steroid dienone is 1. The molecule has 1 aliphatic rings. The molecule has 62 valence electrons. The predicted octanol–water partition coefficient (Wildman–Crippen LogP) is 1.88. The van der Waals surface area contributed by atoms with Gasteiger partial charge in [-0.3, -0.25) is 0 Å². The molecule has 0 bridgehead atoms. The zero-order valence-electron chi connectivity index (χ0n) is 7.04. The minimum Gasteiger partial charge on any atom is -0.494 e. The average molecular weight is 154 g/mol. The Morgan fingerprint density at radius 3 is 2.91 bits per heavy atom. The molecule has 2 nitrogen and oxygen atoms in total. The standard InChI is InChI=1S/C9H14O2/c1-3-11-9-6-4-8(10-2)5-7-9/h4,6-8H,3,5H2,1-2H3. The van der Waals surface area contributed by atoms with Gasteiger partial charge in [0.25, 0.3) is 0 Å². The summed E-state index contributed by atoms with van der Waals surface area (Å²) in [6.07, 6.45) is 7.19. The highest BCUT2D eigenvalue weighted by Gasteiger charge is 2.06. The first-order valence-corrected chi connectivity index (χ1v) is 3.90. The zero-order valence-corrected chi connectivity index (χ0v) is 7.04. The van der Waals surface area contributed by atoms with Crippen LogP contribution in [0.4, 0.5) is 0 Å². The first-order valence-electron chi connectivity index (χ1n) is 3.90. The Hall–Kier alpha value is -0.760. The molecule has 0 aromatic rings. The van der Waals surface area contributed by atoms with Crippen LogP contribution in [0.2, 0.25) is 0 Å². The molecule has 1 unspecified atom stereocenters. The summed E-state index contributed by atoms with van der Waals surface area (Å²) in [6.45, 7) is 2.71. The molecule has 0 saturated heterocycles. The molecule has 0 fully saturated rings. The third kappa shape index (κ3) is 2.39. The Bertz CT molecular complexity index is 170. The summed E-state index contributed by atoms with van der Waals surface area (Å²) >= 11 is 0. The van der Waals surface area contributed by atoms with Crippen LogP contribution in [0.1, 0.15) is 13.3 Å². The summed E-state index contributed by atoms with van der Waals surface area (Å²) in [5.41, 5.74) is 0. The van der Waals surface area contributed by atoms with Crippen molar-refractivity contribution in [2.45, 2.75) is 19.4 Å². The van der Waals surface area contributed by atoms with Crippen molar-refractivity contribution >= 4 is 0 Å². The van der Waals surface area contributed by atoms with E-state index in [0.717, 1.165) is 18.8 Å². The Labute approximate surface area is 67.5 Å². The van der Waals surface area contributed by atoms with Crippen LogP contribution in [0.5, 0.6) is 0 Å². The highest BCUT2D eigenvalue weighted by Crippen LogP contribution is 2.13. The van der Waals surface area contributed by atoms with Gasteiger partial charge in [0, 0.05) is 7.11 Å². The molecule has 0 aromatic carbocycles. The van der Waals surface area contributed by atoms with Crippen LogP contribution in [-0.2, 0) is 9.47 Å². The van der Waals surface area contributed by atoms with Crippen molar-refractivity contribution in [3.63, 3.8) is 0 Å². The maximum Gasteiger partial charge on any atom is 0.115 e. The van der Waals surface area contributed by atoms with Crippen LogP contribution in [0.3, 0.4) is 0 Å². The summed E-state index contributed by atoms with van der Waals surface area (Å²) in [6, 6.07) is 0. The van der Waals surface area contributed by atoms with Gasteiger partial charge in [-0.1, -0.05) is 6.08 Å². The van der Waals surface area contributed by atoms with Gasteiger partial charge in [-0.2, -0.15) is 0 Å². The van der Waals surface area contributed by atoms with E-state index in [0.29, 0.717) is 0 Å². The zero-order chi connectivity index (χ0) is 8.10. The minimum atomic E-state index is 0.235. The molecule has 0 heterocycles. The Kier molecular flexibility index (Phi) is 3.17. The largest absolute Gasteiger partial charge is 0.494 e. The molecule has 0 amide bonds. The van der Waals surface area contributed by atoms with Crippen LogP contribution < -0.4 is 0 Å². The average Bonchev–Trinajstić information content (AvgIpc) is 2.07. The summed E-state index contributed by atoms with van der Waals surface area (Å²) in [5, 5.41) is 0. The monoisotopic (exact) mass is 154 g/mol. The normalized spacial score (nSPS) is 23.1. The van der Waals surface area contributed by atoms with Crippen molar-refractivity contribution in [1.82, 2.24) is 0 Å². The van der Waals surface area contributed by atoms with Gasteiger partial charge in [0.15, 0.2) is 0 Å². The molecule has 0 aromatic heterocycles. The van der Waals surface area contributed by atoms with Crippen LogP contribution in [-0.4, -0.2) is 19.8 Å². The van der Waals surface area contributed by atoms with E-state index < -0.39 is 0 Å². The lowest BCUT2D eigenvalue weighted by atomic mass is 10.1. The third-order valence-electron chi connectivity index (χ3n) is 1.64. The lowest BCUT2D eigenvalue weighted by Gasteiger charge is -2.14. The molecule has 2 heteroatoms. The lowest BCUT2D eigenvalue weighted by molar-refractivity contribution is 0.138. The Balaban J connectivity index is 2.39. The van der Waals surface area contributed by atoms with E-state index in [4.69, 9.17) is 9.47 Å². The number of hydrogen-bond acceptors (Lipinski definition) is 2. The highest BCUT2D eigenvalue weighted by atomic mass is 16.5. The van der Waals surface area contributed by atoms with E-state index in [1.807, 2.05) is 19.1 Å². The van der Waals surface area contributed by atoms with Gasteiger partial charge in [-0.15, -0.1) is 0 Å². The lowest BCUT2D eigenvalue weighted by Crippen LogP contribution is -2.09. The number of rotatable bonds is 3. The molecule has 0 spiro atoms. The van der Waals surface area contributed by atoms with Crippen LogP contribution in [0.25, 0.3) is 0 Å². The van der Waals surface area contributed by atoms with E-state index in [1.165, 1.54) is 0 Å². The predicted molar refractivity (Wildman–Crippen MR) is 44.3 cm³/mol. The van der Waals surface area contributed by atoms with Gasteiger partial charge < -0.3 is 9.47 Å². The number of hydrogen-bond donors (Lipinski definition) is 0. The molecular weight excluding hydrogens is 140 g/mol. The first-order chi connectivity index (χ1) is 5.36. The molecular formula is C9H14O2. The topological polar surface area (TPSA) is 18.5 Å². The van der Waals surface area contributed by atoms with Crippen LogP contribution in [0.15, 0.2) is 24.0 Å². The molecule has 1 aliphatic carbocycles. The van der Waals surface area contributed by atoms with Gasteiger partial charge >= 0.3 is 0 Å². The SMILES string of the molecule is CCOC1=CCC(OC)C=C1. The molecule has 1 atom stereocenters. The van der Waals surface area contributed by atoms with E-state index >= 15 is 0 Å². The maximum atomic E-state index is 5.29. The molecule has 0 aliphatic heterocycles. The first kappa shape index (κ1) is 8.34. The number of ether oxygens (including phenoxy) is 2. The smallest absolute Gasteiger partial charge is 0.115 e. The molecule has 0 saturated carbocycles. The summed E-state index contributed by atoms with van der Waals surface area (Å²) in [4.78, 5) is 0. The fraction of sp³-hybridized carbons (Fsp3) is 0.556. The van der Waals surface area contributed by atoms with E-state index in [1.54, 1.807) is 7.11 Å². The summed E-state index contributed by atoms with van der Waals surface area (Å²) < 4.78 is 10.4. The fourth-order valence-corrected chi connectivity index (χ4v) is 1.03. The second kappa shape index (κ2) is 4.19. The molecule has 11 heavy (non-hydrogen) atoms. The van der Waals surface area contributed by atoms with E-state index in [2.05, 4.69) is 6.08 Å². The Morgan fingerprint density at radius 2 is 2.45 bits per heavy atom. The molecule has 0 N–H and O–H groups in total. The second-order valence-corrected chi connectivity index (χ2v) is 2.41.